The van der Waals surface area contributed by atoms with Crippen LogP contribution in [0.4, 0.5) is 0 Å². The molecule has 0 aromatic rings. The average Bonchev–Trinajstić information content (AvgIpc) is 2.59. The van der Waals surface area contributed by atoms with Crippen LogP contribution in [0.25, 0.3) is 0 Å². The molecule has 1 N–H and O–H groups in total. The van der Waals surface area contributed by atoms with Crippen molar-refractivity contribution in [3.05, 3.63) is 0 Å². The van der Waals surface area contributed by atoms with Crippen LogP contribution in [0.5, 0.6) is 0 Å². The van der Waals surface area contributed by atoms with Crippen LogP contribution < -0.4 is 5.32 Å². The number of likely N-dealkylation sites (N-methyl/N-ethyl adjacent to an activating group) is 1. The first-order valence-corrected chi connectivity index (χ1v) is 7.13. The third-order valence-corrected chi connectivity index (χ3v) is 3.77. The van der Waals surface area contributed by atoms with Crippen molar-refractivity contribution in [3.8, 4) is 0 Å². The second-order valence-corrected chi connectivity index (χ2v) is 6.08. The minimum Gasteiger partial charge on any atom is -0.315 e. The van der Waals surface area contributed by atoms with Crippen LogP contribution in [0.2, 0.25) is 0 Å². The number of hydrogen-bond donors (Lipinski definition) is 1. The summed E-state index contributed by atoms with van der Waals surface area (Å²) in [7, 11) is 4.41. The van der Waals surface area contributed by atoms with Crippen LogP contribution in [-0.2, 0) is 0 Å². The molecule has 1 aliphatic rings. The number of likely N-dealkylation sites (tertiary alicyclic amines) is 1. The molecule has 3 nitrogen and oxygen atoms in total. The predicted molar refractivity (Wildman–Crippen MR) is 75.5 cm³/mol. The number of nitrogens with one attached hydrogen (secondary N) is 1. The van der Waals surface area contributed by atoms with Gasteiger partial charge in [0.1, 0.15) is 0 Å². The molecule has 1 heterocycles. The molecule has 3 heteroatoms. The molecular weight excluding hydrogens is 210 g/mol. The first-order valence-electron chi connectivity index (χ1n) is 7.13. The van der Waals surface area contributed by atoms with Crippen molar-refractivity contribution in [2.75, 3.05) is 40.3 Å². The molecule has 1 aliphatic heterocycles. The van der Waals surface area contributed by atoms with Gasteiger partial charge in [-0.2, -0.15) is 0 Å². The summed E-state index contributed by atoms with van der Waals surface area (Å²) in [6.07, 6.45) is 2.63. The monoisotopic (exact) mass is 241 g/mol. The zero-order valence-corrected chi connectivity index (χ0v) is 12.4. The van der Waals surface area contributed by atoms with Crippen molar-refractivity contribution >= 4 is 0 Å². The Kier molecular flexibility index (Phi) is 6.45. The van der Waals surface area contributed by atoms with Gasteiger partial charge in [0.2, 0.25) is 0 Å². The highest BCUT2D eigenvalue weighted by Gasteiger charge is 2.30. The zero-order valence-electron chi connectivity index (χ0n) is 12.4. The molecule has 1 saturated heterocycles. The lowest BCUT2D eigenvalue weighted by atomic mass is 10.1. The van der Waals surface area contributed by atoms with Gasteiger partial charge in [-0.3, -0.25) is 0 Å². The van der Waals surface area contributed by atoms with Crippen LogP contribution in [0.15, 0.2) is 0 Å². The molecule has 2 atom stereocenters. The molecule has 2 unspecified atom stereocenters. The number of nitrogens with zero attached hydrogens (tertiary/aromatic N) is 2. The standard InChI is InChI=1S/C14H31N3/c1-12(2)15-8-6-7-9-17-10-13(3)14(11-17)16(4)5/h12-15H,6-11H2,1-5H3. The largest absolute Gasteiger partial charge is 0.315 e. The smallest absolute Gasteiger partial charge is 0.0254 e. The van der Waals surface area contributed by atoms with E-state index >= 15 is 0 Å². The van der Waals surface area contributed by atoms with Crippen LogP contribution in [0.3, 0.4) is 0 Å². The van der Waals surface area contributed by atoms with E-state index in [4.69, 9.17) is 0 Å². The molecule has 0 amide bonds. The summed E-state index contributed by atoms with van der Waals surface area (Å²) in [4.78, 5) is 5.01. The van der Waals surface area contributed by atoms with Crippen molar-refractivity contribution in [3.63, 3.8) is 0 Å². The van der Waals surface area contributed by atoms with Gasteiger partial charge in [-0.25, -0.2) is 0 Å². The zero-order chi connectivity index (χ0) is 12.8. The van der Waals surface area contributed by atoms with Gasteiger partial charge in [-0.1, -0.05) is 20.8 Å². The van der Waals surface area contributed by atoms with Crippen LogP contribution in [0, 0.1) is 5.92 Å². The molecule has 102 valence electrons. The Bertz CT molecular complexity index is 204. The highest BCUT2D eigenvalue weighted by atomic mass is 15.2. The van der Waals surface area contributed by atoms with Crippen molar-refractivity contribution < 1.29 is 0 Å². The van der Waals surface area contributed by atoms with E-state index in [9.17, 15) is 0 Å². The van der Waals surface area contributed by atoms with Gasteiger partial charge >= 0.3 is 0 Å². The van der Waals surface area contributed by atoms with E-state index in [-0.39, 0.29) is 0 Å². The fraction of sp³-hybridized carbons (Fsp3) is 1.00. The van der Waals surface area contributed by atoms with Gasteiger partial charge in [0.15, 0.2) is 0 Å². The summed E-state index contributed by atoms with van der Waals surface area (Å²) in [5.74, 6) is 0.818. The van der Waals surface area contributed by atoms with Crippen molar-refractivity contribution in [2.24, 2.45) is 5.92 Å². The topological polar surface area (TPSA) is 18.5 Å². The normalized spacial score (nSPS) is 26.3. The Labute approximate surface area is 108 Å². The quantitative estimate of drug-likeness (QED) is 0.684. The maximum atomic E-state index is 3.48. The molecule has 0 saturated carbocycles. The maximum Gasteiger partial charge on any atom is 0.0254 e. The van der Waals surface area contributed by atoms with Crippen LogP contribution in [-0.4, -0.2) is 62.2 Å². The third-order valence-electron chi connectivity index (χ3n) is 3.77. The van der Waals surface area contributed by atoms with E-state index in [1.807, 2.05) is 0 Å². The van der Waals surface area contributed by atoms with Gasteiger partial charge in [0, 0.05) is 25.2 Å². The van der Waals surface area contributed by atoms with Crippen molar-refractivity contribution in [2.45, 2.75) is 45.7 Å². The lowest BCUT2D eigenvalue weighted by molar-refractivity contribution is 0.251. The second-order valence-electron chi connectivity index (χ2n) is 6.08. The molecule has 17 heavy (non-hydrogen) atoms. The van der Waals surface area contributed by atoms with Gasteiger partial charge in [-0.05, 0) is 45.9 Å². The van der Waals surface area contributed by atoms with E-state index in [1.165, 1.54) is 32.5 Å². The lowest BCUT2D eigenvalue weighted by Gasteiger charge is -2.22. The fourth-order valence-corrected chi connectivity index (χ4v) is 2.75. The van der Waals surface area contributed by atoms with E-state index in [1.54, 1.807) is 0 Å². The first-order chi connectivity index (χ1) is 8.00. The summed E-state index contributed by atoms with van der Waals surface area (Å²) in [5.41, 5.74) is 0. The van der Waals surface area contributed by atoms with Crippen LogP contribution in [0.1, 0.15) is 33.6 Å². The molecule has 0 bridgehead atoms. The third kappa shape index (κ3) is 5.36. The molecule has 0 aliphatic carbocycles. The molecule has 0 aromatic heterocycles. The minimum absolute atomic E-state index is 0.625. The summed E-state index contributed by atoms with van der Waals surface area (Å²) in [6.45, 7) is 11.8. The van der Waals surface area contributed by atoms with E-state index in [0.29, 0.717) is 6.04 Å². The second kappa shape index (κ2) is 7.34. The summed E-state index contributed by atoms with van der Waals surface area (Å²) >= 11 is 0. The Morgan fingerprint density at radius 1 is 1.24 bits per heavy atom. The number of hydrogen-bond acceptors (Lipinski definition) is 3. The number of rotatable bonds is 7. The van der Waals surface area contributed by atoms with Crippen molar-refractivity contribution in [1.82, 2.24) is 15.1 Å². The van der Waals surface area contributed by atoms with Gasteiger partial charge in [0.05, 0.1) is 0 Å². The fourth-order valence-electron chi connectivity index (χ4n) is 2.75. The average molecular weight is 241 g/mol. The molecule has 1 fully saturated rings. The van der Waals surface area contributed by atoms with E-state index in [0.717, 1.165) is 18.5 Å². The highest BCUT2D eigenvalue weighted by Crippen LogP contribution is 2.19. The summed E-state index contributed by atoms with van der Waals surface area (Å²) in [5, 5.41) is 3.48. The Morgan fingerprint density at radius 2 is 1.94 bits per heavy atom. The minimum atomic E-state index is 0.625. The van der Waals surface area contributed by atoms with E-state index in [2.05, 4.69) is 50.0 Å². The Hall–Kier alpha value is -0.120. The van der Waals surface area contributed by atoms with Gasteiger partial charge in [0.25, 0.3) is 0 Å². The van der Waals surface area contributed by atoms with E-state index < -0.39 is 0 Å². The van der Waals surface area contributed by atoms with Gasteiger partial charge < -0.3 is 15.1 Å². The lowest BCUT2D eigenvalue weighted by Crippen LogP contribution is -2.34. The first kappa shape index (κ1) is 14.9. The Balaban J connectivity index is 2.09. The highest BCUT2D eigenvalue weighted by molar-refractivity contribution is 4.86. The SMILES string of the molecule is CC(C)NCCCCN1CC(C)C(N(C)C)C1. The molecular formula is C14H31N3. The van der Waals surface area contributed by atoms with Crippen LogP contribution >= 0.6 is 0 Å². The predicted octanol–water partition coefficient (Wildman–Crippen LogP) is 1.65. The molecule has 0 radical (unpaired) electrons. The maximum absolute atomic E-state index is 3.48. The molecule has 1 rings (SSSR count). The summed E-state index contributed by atoms with van der Waals surface area (Å²) < 4.78 is 0. The molecule has 0 spiro atoms. The number of unbranched alkanes of at least 4 members (excludes halogenated alkanes) is 1. The van der Waals surface area contributed by atoms with Gasteiger partial charge in [-0.15, -0.1) is 0 Å². The summed E-state index contributed by atoms with van der Waals surface area (Å²) in [6, 6.07) is 1.38. The van der Waals surface area contributed by atoms with Crippen molar-refractivity contribution in [1.29, 1.82) is 0 Å². The Morgan fingerprint density at radius 3 is 2.47 bits per heavy atom. The molecule has 0 aromatic carbocycles.